The average Bonchev–Trinajstić information content (AvgIpc) is 3.34. The quantitative estimate of drug-likeness (QED) is 0.699. The smallest absolute Gasteiger partial charge is 0.231 e. The van der Waals surface area contributed by atoms with Crippen LogP contribution in [0.2, 0.25) is 0 Å². The number of para-hydroxylation sites is 1. The van der Waals surface area contributed by atoms with Crippen LogP contribution in [0.25, 0.3) is 10.2 Å². The predicted octanol–water partition coefficient (Wildman–Crippen LogP) is 4.94. The molecule has 5 nitrogen and oxygen atoms in total. The molecule has 138 valence electrons. The van der Waals surface area contributed by atoms with E-state index in [1.807, 2.05) is 36.4 Å². The monoisotopic (exact) mass is 380 g/mol. The van der Waals surface area contributed by atoms with E-state index in [4.69, 9.17) is 14.5 Å². The Bertz CT molecular complexity index is 967. The highest BCUT2D eigenvalue weighted by Crippen LogP contribution is 2.41. The Labute approximate surface area is 161 Å². The number of nitrogens with one attached hydrogen (secondary N) is 1. The van der Waals surface area contributed by atoms with Gasteiger partial charge in [0.25, 0.3) is 0 Å². The van der Waals surface area contributed by atoms with Crippen LogP contribution >= 0.6 is 11.3 Å². The molecule has 1 saturated carbocycles. The van der Waals surface area contributed by atoms with E-state index in [-0.39, 0.29) is 24.5 Å². The van der Waals surface area contributed by atoms with E-state index in [0.717, 1.165) is 47.6 Å². The van der Waals surface area contributed by atoms with E-state index in [2.05, 4.69) is 11.4 Å². The molecule has 2 aliphatic rings. The minimum absolute atomic E-state index is 0.0512. The molecule has 0 bridgehead atoms. The Hall–Kier alpha value is -2.60. The molecule has 1 aromatic heterocycles. The van der Waals surface area contributed by atoms with Gasteiger partial charge in [0, 0.05) is 23.6 Å². The number of amides is 1. The number of fused-ring (bicyclic) bond motifs is 2. The zero-order valence-corrected chi connectivity index (χ0v) is 15.6. The van der Waals surface area contributed by atoms with E-state index < -0.39 is 0 Å². The van der Waals surface area contributed by atoms with Gasteiger partial charge in [0.1, 0.15) is 0 Å². The molecule has 2 atom stereocenters. The maximum atomic E-state index is 13.1. The van der Waals surface area contributed by atoms with E-state index in [0.29, 0.717) is 5.75 Å². The van der Waals surface area contributed by atoms with E-state index >= 15 is 0 Å². The predicted molar refractivity (Wildman–Crippen MR) is 106 cm³/mol. The minimum atomic E-state index is -0.0512. The first-order valence-electron chi connectivity index (χ1n) is 9.34. The molecule has 0 saturated heterocycles. The van der Waals surface area contributed by atoms with Crippen molar-refractivity contribution in [2.75, 3.05) is 12.1 Å². The summed E-state index contributed by atoms with van der Waals surface area (Å²) >= 11 is 1.72. The van der Waals surface area contributed by atoms with Gasteiger partial charge in [-0.3, -0.25) is 4.79 Å². The van der Waals surface area contributed by atoms with Crippen molar-refractivity contribution in [1.82, 2.24) is 4.98 Å². The van der Waals surface area contributed by atoms with Gasteiger partial charge in [-0.05, 0) is 37.1 Å². The van der Waals surface area contributed by atoms with Crippen LogP contribution in [0, 0.1) is 5.92 Å². The molecule has 1 aliphatic carbocycles. The van der Waals surface area contributed by atoms with E-state index in [9.17, 15) is 4.79 Å². The topological polar surface area (TPSA) is 60.5 Å². The number of benzene rings is 2. The van der Waals surface area contributed by atoms with Gasteiger partial charge in [0.05, 0.1) is 15.2 Å². The van der Waals surface area contributed by atoms with Crippen molar-refractivity contribution >= 4 is 33.1 Å². The number of carbonyl (C=O) groups is 1. The molecule has 3 aromatic rings. The minimum Gasteiger partial charge on any atom is -0.454 e. The van der Waals surface area contributed by atoms with Crippen LogP contribution in [-0.4, -0.2) is 17.7 Å². The molecule has 0 spiro atoms. The third-order valence-corrected chi connectivity index (χ3v) is 6.54. The summed E-state index contributed by atoms with van der Waals surface area (Å²) in [6, 6.07) is 13.7. The summed E-state index contributed by atoms with van der Waals surface area (Å²) in [5, 5.41) is 4.16. The van der Waals surface area contributed by atoms with Crippen LogP contribution in [-0.2, 0) is 4.79 Å². The van der Waals surface area contributed by atoms with Crippen LogP contribution in [0.1, 0.15) is 36.6 Å². The lowest BCUT2D eigenvalue weighted by Gasteiger charge is -2.29. The Morgan fingerprint density at radius 2 is 1.93 bits per heavy atom. The third-order valence-electron chi connectivity index (χ3n) is 5.37. The molecule has 0 unspecified atom stereocenters. The van der Waals surface area contributed by atoms with Gasteiger partial charge in [-0.2, -0.15) is 0 Å². The van der Waals surface area contributed by atoms with E-state index in [1.54, 1.807) is 11.3 Å². The molecule has 6 heteroatoms. The third kappa shape index (κ3) is 3.14. The fraction of sp³-hybridized carbons (Fsp3) is 0.333. The number of carbonyl (C=O) groups excluding carboxylic acids is 1. The summed E-state index contributed by atoms with van der Waals surface area (Å²) in [5.41, 5.74) is 1.77. The van der Waals surface area contributed by atoms with Crippen molar-refractivity contribution < 1.29 is 14.3 Å². The number of thiazole rings is 1. The number of ether oxygens (including phenoxy) is 2. The molecule has 2 aromatic carbocycles. The fourth-order valence-electron chi connectivity index (χ4n) is 4.00. The van der Waals surface area contributed by atoms with Crippen LogP contribution < -0.4 is 14.8 Å². The first-order chi connectivity index (χ1) is 13.3. The second kappa shape index (κ2) is 6.85. The highest BCUT2D eigenvalue weighted by atomic mass is 32.1. The van der Waals surface area contributed by atoms with Crippen molar-refractivity contribution in [2.45, 2.75) is 31.6 Å². The molecule has 1 fully saturated rings. The van der Waals surface area contributed by atoms with Gasteiger partial charge in [-0.1, -0.05) is 25.0 Å². The van der Waals surface area contributed by atoms with Crippen molar-refractivity contribution in [2.24, 2.45) is 5.92 Å². The summed E-state index contributed by atoms with van der Waals surface area (Å²) < 4.78 is 11.9. The first kappa shape index (κ1) is 16.6. The number of nitrogens with zero attached hydrogens (tertiary/aromatic N) is 1. The standard InChI is InChI=1S/C21H20N2O3S/c24-20(22-13-9-10-17-18(11-13)26-12-25-17)14-5-1-2-6-15(14)21-23-16-7-3-4-8-19(16)27-21/h3-4,7-11,14-15H,1-2,5-6,12H2,(H,22,24)/t14-,15-/m1/s1. The Kier molecular flexibility index (Phi) is 4.20. The highest BCUT2D eigenvalue weighted by molar-refractivity contribution is 7.18. The van der Waals surface area contributed by atoms with Crippen molar-refractivity contribution in [3.05, 3.63) is 47.5 Å². The maximum absolute atomic E-state index is 13.1. The molecule has 0 radical (unpaired) electrons. The van der Waals surface area contributed by atoms with Crippen LogP contribution in [0.4, 0.5) is 5.69 Å². The Balaban J connectivity index is 1.39. The Morgan fingerprint density at radius 1 is 1.07 bits per heavy atom. The second-order valence-electron chi connectivity index (χ2n) is 7.07. The van der Waals surface area contributed by atoms with Gasteiger partial charge in [0.2, 0.25) is 12.7 Å². The molecule has 5 rings (SSSR count). The van der Waals surface area contributed by atoms with Gasteiger partial charge >= 0.3 is 0 Å². The van der Waals surface area contributed by atoms with Gasteiger partial charge in [-0.15, -0.1) is 11.3 Å². The van der Waals surface area contributed by atoms with Gasteiger partial charge in [-0.25, -0.2) is 4.98 Å². The van der Waals surface area contributed by atoms with Crippen molar-refractivity contribution in [1.29, 1.82) is 0 Å². The second-order valence-corrected chi connectivity index (χ2v) is 8.14. The molecule has 1 amide bonds. The molecular weight excluding hydrogens is 360 g/mol. The lowest BCUT2D eigenvalue weighted by Crippen LogP contribution is -2.30. The average molecular weight is 380 g/mol. The number of hydrogen-bond donors (Lipinski definition) is 1. The first-order valence-corrected chi connectivity index (χ1v) is 10.2. The Morgan fingerprint density at radius 3 is 2.85 bits per heavy atom. The van der Waals surface area contributed by atoms with Crippen LogP contribution in [0.5, 0.6) is 11.5 Å². The summed E-state index contributed by atoms with van der Waals surface area (Å²) in [4.78, 5) is 17.9. The fourth-order valence-corrected chi connectivity index (χ4v) is 5.17. The number of hydrogen-bond acceptors (Lipinski definition) is 5. The van der Waals surface area contributed by atoms with Crippen molar-refractivity contribution in [3.8, 4) is 11.5 Å². The summed E-state index contributed by atoms with van der Waals surface area (Å²) in [5.74, 6) is 1.60. The molecule has 1 N–H and O–H groups in total. The molecular formula is C21H20N2O3S. The van der Waals surface area contributed by atoms with Crippen LogP contribution in [0.3, 0.4) is 0 Å². The molecule has 2 heterocycles. The maximum Gasteiger partial charge on any atom is 0.231 e. The number of rotatable bonds is 3. The molecule has 1 aliphatic heterocycles. The van der Waals surface area contributed by atoms with E-state index in [1.165, 1.54) is 4.70 Å². The lowest BCUT2D eigenvalue weighted by atomic mass is 9.79. The largest absolute Gasteiger partial charge is 0.454 e. The SMILES string of the molecule is O=C(Nc1ccc2c(c1)OCO2)[C@@H]1CCCC[C@H]1c1nc2ccccc2s1. The summed E-state index contributed by atoms with van der Waals surface area (Å²) in [6.45, 7) is 0.231. The van der Waals surface area contributed by atoms with Gasteiger partial charge < -0.3 is 14.8 Å². The zero-order chi connectivity index (χ0) is 18.2. The zero-order valence-electron chi connectivity index (χ0n) is 14.8. The number of anilines is 1. The molecule has 27 heavy (non-hydrogen) atoms. The van der Waals surface area contributed by atoms with Crippen molar-refractivity contribution in [3.63, 3.8) is 0 Å². The summed E-state index contributed by atoms with van der Waals surface area (Å²) in [6.07, 6.45) is 4.14. The number of aromatic nitrogens is 1. The van der Waals surface area contributed by atoms with Gasteiger partial charge in [0.15, 0.2) is 11.5 Å². The van der Waals surface area contributed by atoms with Crippen LogP contribution in [0.15, 0.2) is 42.5 Å². The lowest BCUT2D eigenvalue weighted by molar-refractivity contribution is -0.121. The highest BCUT2D eigenvalue weighted by Gasteiger charge is 2.34. The summed E-state index contributed by atoms with van der Waals surface area (Å²) in [7, 11) is 0. The normalized spacial score (nSPS) is 21.3.